The Hall–Kier alpha value is -1.54. The average Bonchev–Trinajstić information content (AvgIpc) is 3.02. The summed E-state index contributed by atoms with van der Waals surface area (Å²) < 4.78 is 21.0. The third kappa shape index (κ3) is 6.57. The summed E-state index contributed by atoms with van der Waals surface area (Å²) in [5, 5.41) is 0.0758. The van der Waals surface area contributed by atoms with E-state index in [1.807, 2.05) is 0 Å². The highest BCUT2D eigenvalue weighted by Gasteiger charge is 2.46. The summed E-state index contributed by atoms with van der Waals surface area (Å²) in [6, 6.07) is 0. The number of nitrogen functional groups attached to an aromatic ring is 1. The third-order valence-corrected chi connectivity index (χ3v) is 16.6. The molecule has 0 bridgehead atoms. The van der Waals surface area contributed by atoms with Crippen LogP contribution in [0.4, 0.5) is 5.82 Å². The van der Waals surface area contributed by atoms with Gasteiger partial charge in [0.15, 0.2) is 16.6 Å². The number of amides is 1. The van der Waals surface area contributed by atoms with Crippen LogP contribution in [0.5, 0.6) is 0 Å². The molecule has 3 atom stereocenters. The van der Waals surface area contributed by atoms with Crippen molar-refractivity contribution in [3.63, 3.8) is 0 Å². The Bertz CT molecular complexity index is 950. The van der Waals surface area contributed by atoms with Crippen LogP contribution in [0, 0.1) is 0 Å². The molecule has 1 aromatic heterocycles. The molecule has 1 saturated heterocycles. The molecule has 1 aliphatic rings. The van der Waals surface area contributed by atoms with E-state index < -0.39 is 34.5 Å². The van der Waals surface area contributed by atoms with E-state index in [0.29, 0.717) is 18.6 Å². The van der Waals surface area contributed by atoms with E-state index >= 15 is 0 Å². The lowest BCUT2D eigenvalue weighted by Crippen LogP contribution is -2.48. The van der Waals surface area contributed by atoms with E-state index in [1.165, 1.54) is 10.8 Å². The van der Waals surface area contributed by atoms with Crippen molar-refractivity contribution in [2.45, 2.75) is 109 Å². The molecule has 34 heavy (non-hydrogen) atoms. The zero-order valence-electron chi connectivity index (χ0n) is 22.5. The molecule has 1 aliphatic heterocycles. The predicted molar refractivity (Wildman–Crippen MR) is 140 cm³/mol. The fraction of sp³-hybridized carbons (Fsp3) is 0.783. The van der Waals surface area contributed by atoms with Gasteiger partial charge in [0.2, 0.25) is 5.91 Å². The summed E-state index contributed by atoms with van der Waals surface area (Å²) >= 11 is 0. The quantitative estimate of drug-likeness (QED) is 0.509. The van der Waals surface area contributed by atoms with Crippen molar-refractivity contribution in [1.29, 1.82) is 0 Å². The van der Waals surface area contributed by atoms with Crippen LogP contribution in [-0.4, -0.2) is 50.9 Å². The molecule has 0 saturated carbocycles. The average molecular weight is 513 g/mol. The molecule has 0 radical (unpaired) electrons. The number of hydrogen-bond donors (Lipinski definition) is 2. The number of rotatable bonds is 8. The van der Waals surface area contributed by atoms with E-state index in [4.69, 9.17) is 25.1 Å². The molecule has 4 N–H and O–H groups in total. The number of anilines is 1. The molecule has 0 unspecified atom stereocenters. The van der Waals surface area contributed by atoms with Crippen LogP contribution in [0.25, 0.3) is 0 Å². The second kappa shape index (κ2) is 9.84. The Morgan fingerprint density at radius 2 is 1.71 bits per heavy atom. The molecule has 1 aromatic rings. The van der Waals surface area contributed by atoms with Gasteiger partial charge in [-0.2, -0.15) is 4.98 Å². The molecule has 2 rings (SSSR count). The number of primary amides is 1. The first-order valence-electron chi connectivity index (χ1n) is 11.9. The number of ether oxygens (including phenoxy) is 1. The molecule has 0 spiro atoms. The summed E-state index contributed by atoms with van der Waals surface area (Å²) in [6.07, 6.45) is 0.723. The standard InChI is InChI=1S/C23H44N4O5Si2/c1-22(2,3)33(7,8)30-14-17-16(32-34(9,10)23(4,5)6)12-19(31-17)27-13-15(11-18(24)28)20(25)26-21(27)29/h13,16-17,19H,11-12,14H2,1-10H3,(H2,24,28)(H2,25,26,29)/t16-,17+,19+/m0/s1. The van der Waals surface area contributed by atoms with Crippen LogP contribution in [0.1, 0.15) is 59.8 Å². The zero-order chi connectivity index (χ0) is 26.3. The van der Waals surface area contributed by atoms with Crippen molar-refractivity contribution < 1.29 is 18.4 Å². The molecular formula is C23H44N4O5Si2. The van der Waals surface area contributed by atoms with E-state index in [9.17, 15) is 9.59 Å². The van der Waals surface area contributed by atoms with E-state index in [1.54, 1.807) is 0 Å². The fourth-order valence-corrected chi connectivity index (χ4v) is 5.63. The molecule has 1 fully saturated rings. The Balaban J connectivity index is 2.37. The third-order valence-electron chi connectivity index (χ3n) is 7.58. The highest BCUT2D eigenvalue weighted by molar-refractivity contribution is 6.74. The zero-order valence-corrected chi connectivity index (χ0v) is 24.5. The fourth-order valence-electron chi connectivity index (χ4n) is 3.26. The van der Waals surface area contributed by atoms with Gasteiger partial charge in [0.1, 0.15) is 18.1 Å². The Kier molecular flexibility index (Phi) is 8.31. The van der Waals surface area contributed by atoms with Crippen LogP contribution >= 0.6 is 0 Å². The van der Waals surface area contributed by atoms with Crippen LogP contribution in [-0.2, 0) is 24.8 Å². The lowest BCUT2D eigenvalue weighted by molar-refractivity contribution is -0.117. The van der Waals surface area contributed by atoms with Crippen molar-refractivity contribution in [3.8, 4) is 0 Å². The van der Waals surface area contributed by atoms with Gasteiger partial charge in [-0.25, -0.2) is 4.79 Å². The Morgan fingerprint density at radius 3 is 2.21 bits per heavy atom. The van der Waals surface area contributed by atoms with Crippen LogP contribution in [0.15, 0.2) is 11.0 Å². The molecule has 0 aromatic carbocycles. The summed E-state index contributed by atoms with van der Waals surface area (Å²) in [5.41, 5.74) is 11.1. The van der Waals surface area contributed by atoms with Gasteiger partial charge in [-0.15, -0.1) is 0 Å². The van der Waals surface area contributed by atoms with Crippen LogP contribution < -0.4 is 17.2 Å². The van der Waals surface area contributed by atoms with E-state index in [-0.39, 0.29) is 34.5 Å². The van der Waals surface area contributed by atoms with Crippen LogP contribution in [0.2, 0.25) is 36.3 Å². The SMILES string of the molecule is CC(C)(C)[Si](C)(C)OC[C@H]1O[C@@H](n2cc(CC(N)=O)c(N)nc2=O)C[C@@H]1O[Si](C)(C)C(C)(C)C. The van der Waals surface area contributed by atoms with Crippen LogP contribution in [0.3, 0.4) is 0 Å². The second-order valence-corrected chi connectivity index (χ2v) is 21.9. The monoisotopic (exact) mass is 512 g/mol. The Morgan fingerprint density at radius 1 is 1.15 bits per heavy atom. The maximum absolute atomic E-state index is 12.7. The van der Waals surface area contributed by atoms with Crippen molar-refractivity contribution >= 4 is 28.4 Å². The van der Waals surface area contributed by atoms with Gasteiger partial charge in [0.25, 0.3) is 0 Å². The first-order valence-corrected chi connectivity index (χ1v) is 17.7. The van der Waals surface area contributed by atoms with Crippen molar-refractivity contribution in [2.24, 2.45) is 5.73 Å². The number of hydrogen-bond acceptors (Lipinski definition) is 7. The highest BCUT2D eigenvalue weighted by atomic mass is 28.4. The largest absolute Gasteiger partial charge is 0.414 e. The summed E-state index contributed by atoms with van der Waals surface area (Å²) in [4.78, 5) is 28.0. The summed E-state index contributed by atoms with van der Waals surface area (Å²) in [5.74, 6) is -0.546. The molecule has 2 heterocycles. The normalized spacial score (nSPS) is 22.2. The number of aromatic nitrogens is 2. The molecule has 0 aliphatic carbocycles. The van der Waals surface area contributed by atoms with Crippen molar-refractivity contribution in [1.82, 2.24) is 9.55 Å². The number of nitrogens with two attached hydrogens (primary N) is 2. The van der Waals surface area contributed by atoms with E-state index in [0.717, 1.165) is 0 Å². The maximum atomic E-state index is 12.7. The van der Waals surface area contributed by atoms with Crippen molar-refractivity contribution in [3.05, 3.63) is 22.2 Å². The molecule has 1 amide bonds. The first-order chi connectivity index (χ1) is 15.2. The van der Waals surface area contributed by atoms with Crippen molar-refractivity contribution in [2.75, 3.05) is 12.3 Å². The van der Waals surface area contributed by atoms with Gasteiger partial charge in [-0.1, -0.05) is 41.5 Å². The van der Waals surface area contributed by atoms with Gasteiger partial charge in [0.05, 0.1) is 19.1 Å². The summed E-state index contributed by atoms with van der Waals surface area (Å²) in [7, 11) is -4.13. The van der Waals surface area contributed by atoms with E-state index in [2.05, 4.69) is 72.7 Å². The lowest BCUT2D eigenvalue weighted by atomic mass is 10.2. The molecular weight excluding hydrogens is 468 g/mol. The smallest absolute Gasteiger partial charge is 0.351 e. The topological polar surface area (TPSA) is 132 Å². The predicted octanol–water partition coefficient (Wildman–Crippen LogP) is 3.55. The molecule has 9 nitrogen and oxygen atoms in total. The minimum Gasteiger partial charge on any atom is -0.414 e. The number of carbonyl (C=O) groups is 1. The Labute approximate surface area is 205 Å². The second-order valence-electron chi connectivity index (χ2n) is 12.3. The highest BCUT2D eigenvalue weighted by Crippen LogP contribution is 2.42. The minimum absolute atomic E-state index is 0.00457. The molecule has 194 valence electrons. The van der Waals surface area contributed by atoms with Gasteiger partial charge < -0.3 is 25.1 Å². The summed E-state index contributed by atoms with van der Waals surface area (Å²) in [6.45, 7) is 22.4. The number of carbonyl (C=O) groups excluding carboxylic acids is 1. The van der Waals surface area contributed by atoms with Gasteiger partial charge in [-0.05, 0) is 36.3 Å². The van der Waals surface area contributed by atoms with Gasteiger partial charge in [0, 0.05) is 18.2 Å². The lowest BCUT2D eigenvalue weighted by Gasteiger charge is -2.40. The maximum Gasteiger partial charge on any atom is 0.351 e. The van der Waals surface area contributed by atoms with Gasteiger partial charge in [-0.3, -0.25) is 9.36 Å². The molecule has 11 heteroatoms. The first kappa shape index (κ1) is 28.7. The van der Waals surface area contributed by atoms with Gasteiger partial charge >= 0.3 is 5.69 Å². The number of nitrogens with zero attached hydrogens (tertiary/aromatic N) is 2. The minimum atomic E-state index is -2.12.